The molecular weight excluding hydrogens is 271 g/mol. The van der Waals surface area contributed by atoms with Gasteiger partial charge in [0.1, 0.15) is 9.75 Å². The molecule has 0 spiro atoms. The van der Waals surface area contributed by atoms with Gasteiger partial charge in [-0.25, -0.2) is 0 Å². The van der Waals surface area contributed by atoms with Crippen LogP contribution < -0.4 is 0 Å². The number of carbonyl (C=O) groups is 1. The third-order valence-corrected chi connectivity index (χ3v) is 6.00. The Bertz CT molecular complexity index is 492. The first-order valence-corrected chi connectivity index (χ1v) is 6.60. The summed E-state index contributed by atoms with van der Waals surface area (Å²) >= 11 is 12.5. The Labute approximate surface area is 117 Å². The maximum Gasteiger partial charge on any atom is 0.313 e. The summed E-state index contributed by atoms with van der Waals surface area (Å²) in [7, 11) is 0. The largest absolute Gasteiger partial charge is 0.481 e. The Morgan fingerprint density at radius 2 is 1.78 bits per heavy atom. The van der Waals surface area contributed by atoms with Crippen LogP contribution in [-0.2, 0) is 11.2 Å². The van der Waals surface area contributed by atoms with Gasteiger partial charge in [0.15, 0.2) is 0 Å². The van der Waals surface area contributed by atoms with Gasteiger partial charge in [-0.1, -0.05) is 61.3 Å². The average molecular weight is 287 g/mol. The lowest BCUT2D eigenvalue weighted by molar-refractivity contribution is -0.144. The zero-order chi connectivity index (χ0) is 13.8. The zero-order valence-electron chi connectivity index (χ0n) is 10.6. The van der Waals surface area contributed by atoms with Crippen molar-refractivity contribution in [2.24, 2.45) is 10.8 Å². The van der Waals surface area contributed by atoms with Gasteiger partial charge >= 0.3 is 5.97 Å². The third kappa shape index (κ3) is 1.45. The highest BCUT2D eigenvalue weighted by atomic mass is 35.5. The predicted molar refractivity (Wildman–Crippen MR) is 73.2 cm³/mol. The van der Waals surface area contributed by atoms with Crippen LogP contribution >= 0.6 is 23.2 Å². The quantitative estimate of drug-likeness (QED) is 0.858. The molecule has 0 bridgehead atoms. The van der Waals surface area contributed by atoms with Crippen LogP contribution in [0.1, 0.15) is 25.0 Å². The summed E-state index contributed by atoms with van der Waals surface area (Å²) in [4.78, 5) is 11.7. The Kier molecular flexibility index (Phi) is 2.95. The molecule has 18 heavy (non-hydrogen) atoms. The molecule has 1 aliphatic carbocycles. The number of hydrogen-bond acceptors (Lipinski definition) is 1. The molecule has 4 heteroatoms. The van der Waals surface area contributed by atoms with Crippen molar-refractivity contribution in [3.63, 3.8) is 0 Å². The molecular formula is C14H16Cl2O2. The highest BCUT2D eigenvalue weighted by Gasteiger charge is 2.85. The third-order valence-electron chi connectivity index (χ3n) is 4.41. The molecule has 0 aromatic heterocycles. The first kappa shape index (κ1) is 13.7. The number of rotatable bonds is 3. The van der Waals surface area contributed by atoms with Crippen molar-refractivity contribution < 1.29 is 9.90 Å². The van der Waals surface area contributed by atoms with Gasteiger partial charge in [-0.15, -0.1) is 0 Å². The van der Waals surface area contributed by atoms with Crippen LogP contribution in [0.5, 0.6) is 0 Å². The fourth-order valence-electron chi connectivity index (χ4n) is 2.76. The number of alkyl halides is 2. The van der Waals surface area contributed by atoms with Crippen molar-refractivity contribution in [3.8, 4) is 0 Å². The van der Waals surface area contributed by atoms with Crippen molar-refractivity contribution in [1.29, 1.82) is 0 Å². The van der Waals surface area contributed by atoms with Crippen LogP contribution in [0.15, 0.2) is 24.3 Å². The molecule has 0 amide bonds. The van der Waals surface area contributed by atoms with Gasteiger partial charge in [0.2, 0.25) is 0 Å². The van der Waals surface area contributed by atoms with E-state index in [4.69, 9.17) is 23.2 Å². The SMILES string of the molecule is Cc1ccccc1CC1(C(=O)O)C(C)(C)C1(Cl)Cl. The van der Waals surface area contributed by atoms with Crippen LogP contribution in [0.2, 0.25) is 0 Å². The minimum absolute atomic E-state index is 0.356. The molecule has 1 unspecified atom stereocenters. The Hall–Kier alpha value is -0.730. The molecule has 0 heterocycles. The Morgan fingerprint density at radius 3 is 2.17 bits per heavy atom. The summed E-state index contributed by atoms with van der Waals surface area (Å²) in [6, 6.07) is 7.72. The van der Waals surface area contributed by atoms with E-state index in [0.717, 1.165) is 11.1 Å². The average Bonchev–Trinajstić information content (AvgIpc) is 2.60. The number of benzene rings is 1. The first-order valence-electron chi connectivity index (χ1n) is 5.84. The van der Waals surface area contributed by atoms with Crippen molar-refractivity contribution in [1.82, 2.24) is 0 Å². The molecule has 0 radical (unpaired) electrons. The molecule has 1 saturated carbocycles. The van der Waals surface area contributed by atoms with E-state index in [1.54, 1.807) is 13.8 Å². The normalized spacial score (nSPS) is 27.8. The van der Waals surface area contributed by atoms with E-state index in [0.29, 0.717) is 6.42 Å². The number of hydrogen-bond donors (Lipinski definition) is 1. The van der Waals surface area contributed by atoms with Crippen LogP contribution in [0.25, 0.3) is 0 Å². The predicted octanol–water partition coefficient (Wildman–Crippen LogP) is 3.82. The van der Waals surface area contributed by atoms with Crippen LogP contribution in [-0.4, -0.2) is 15.4 Å². The standard InChI is InChI=1S/C14H16Cl2O2/c1-9-6-4-5-7-10(9)8-13(11(17)18)12(2,3)14(13,15)16/h4-7H,8H2,1-3H3,(H,17,18). The lowest BCUT2D eigenvalue weighted by Crippen LogP contribution is -2.26. The maximum absolute atomic E-state index is 11.7. The first-order chi connectivity index (χ1) is 8.18. The lowest BCUT2D eigenvalue weighted by atomic mass is 9.87. The summed E-state index contributed by atoms with van der Waals surface area (Å²) in [5.74, 6) is -0.930. The number of carboxylic acids is 1. The van der Waals surface area contributed by atoms with E-state index in [-0.39, 0.29) is 0 Å². The molecule has 1 atom stereocenters. The smallest absolute Gasteiger partial charge is 0.313 e. The van der Waals surface area contributed by atoms with Crippen LogP contribution in [0.3, 0.4) is 0 Å². The number of halogens is 2. The Morgan fingerprint density at radius 1 is 1.28 bits per heavy atom. The van der Waals surface area contributed by atoms with Gasteiger partial charge in [-0.3, -0.25) is 4.79 Å². The molecule has 98 valence electrons. The Balaban J connectivity index is 2.43. The fraction of sp³-hybridized carbons (Fsp3) is 0.500. The zero-order valence-corrected chi connectivity index (χ0v) is 12.1. The minimum atomic E-state index is -1.23. The second-order valence-electron chi connectivity index (χ2n) is 5.51. The molecule has 1 aliphatic rings. The summed E-state index contributed by atoms with van der Waals surface area (Å²) in [5.41, 5.74) is 0.285. The van der Waals surface area contributed by atoms with Gasteiger partial charge in [0.05, 0.1) is 0 Å². The summed E-state index contributed by atoms with van der Waals surface area (Å²) in [5, 5.41) is 9.56. The van der Waals surface area contributed by atoms with Gasteiger partial charge in [0.25, 0.3) is 0 Å². The number of aryl methyl sites for hydroxylation is 1. The van der Waals surface area contributed by atoms with Crippen molar-refractivity contribution in [2.45, 2.75) is 31.5 Å². The van der Waals surface area contributed by atoms with E-state index in [1.807, 2.05) is 31.2 Å². The van der Waals surface area contributed by atoms with Crippen LogP contribution in [0, 0.1) is 17.8 Å². The number of aliphatic carboxylic acids is 1. The van der Waals surface area contributed by atoms with Gasteiger partial charge < -0.3 is 5.11 Å². The molecule has 2 nitrogen and oxygen atoms in total. The topological polar surface area (TPSA) is 37.3 Å². The second-order valence-corrected chi connectivity index (χ2v) is 6.84. The monoisotopic (exact) mass is 286 g/mol. The van der Waals surface area contributed by atoms with E-state index < -0.39 is 21.1 Å². The molecule has 0 aliphatic heterocycles. The maximum atomic E-state index is 11.7. The van der Waals surface area contributed by atoms with E-state index in [9.17, 15) is 9.90 Å². The van der Waals surface area contributed by atoms with Crippen molar-refractivity contribution in [3.05, 3.63) is 35.4 Å². The number of carboxylic acid groups (broad SMARTS) is 1. The van der Waals surface area contributed by atoms with Crippen molar-refractivity contribution >= 4 is 29.2 Å². The molecule has 2 rings (SSSR count). The van der Waals surface area contributed by atoms with Gasteiger partial charge in [-0.2, -0.15) is 0 Å². The molecule has 1 aromatic carbocycles. The van der Waals surface area contributed by atoms with E-state index in [2.05, 4.69) is 0 Å². The summed E-state index contributed by atoms with van der Waals surface area (Å²) < 4.78 is -1.23. The fourth-order valence-corrected chi connectivity index (χ4v) is 3.75. The summed E-state index contributed by atoms with van der Waals surface area (Å²) in [6.07, 6.45) is 0.356. The second kappa shape index (κ2) is 3.88. The molecule has 1 N–H and O–H groups in total. The van der Waals surface area contributed by atoms with Crippen LogP contribution in [0.4, 0.5) is 0 Å². The highest BCUT2D eigenvalue weighted by Crippen LogP contribution is 2.78. The highest BCUT2D eigenvalue weighted by molar-refractivity contribution is 6.54. The minimum Gasteiger partial charge on any atom is -0.481 e. The van der Waals surface area contributed by atoms with E-state index in [1.165, 1.54) is 0 Å². The molecule has 0 saturated heterocycles. The van der Waals surface area contributed by atoms with Gasteiger partial charge in [0, 0.05) is 5.41 Å². The van der Waals surface area contributed by atoms with Crippen molar-refractivity contribution in [2.75, 3.05) is 0 Å². The van der Waals surface area contributed by atoms with Gasteiger partial charge in [-0.05, 0) is 24.5 Å². The molecule has 1 fully saturated rings. The van der Waals surface area contributed by atoms with E-state index >= 15 is 0 Å². The summed E-state index contributed by atoms with van der Waals surface area (Å²) in [6.45, 7) is 5.57. The molecule has 1 aromatic rings. The lowest BCUT2D eigenvalue weighted by Gasteiger charge is -2.16.